The van der Waals surface area contributed by atoms with Gasteiger partial charge in [0, 0.05) is 12.1 Å². The highest BCUT2D eigenvalue weighted by Crippen LogP contribution is 2.25. The molecule has 1 rings (SSSR count). The Morgan fingerprint density at radius 2 is 2.06 bits per heavy atom. The van der Waals surface area contributed by atoms with Crippen molar-refractivity contribution >= 4 is 0 Å². The first-order chi connectivity index (χ1) is 8.59. The van der Waals surface area contributed by atoms with Crippen LogP contribution in [0.3, 0.4) is 0 Å². The van der Waals surface area contributed by atoms with Crippen LogP contribution in [0.15, 0.2) is 0 Å². The molecule has 0 aromatic carbocycles. The molecular weight excluding hydrogens is 226 g/mol. The first kappa shape index (κ1) is 15.9. The molecule has 1 aliphatic rings. The van der Waals surface area contributed by atoms with Gasteiger partial charge < -0.3 is 15.2 Å². The van der Waals surface area contributed by atoms with E-state index in [1.165, 1.54) is 25.7 Å². The molecule has 0 saturated heterocycles. The van der Waals surface area contributed by atoms with E-state index < -0.39 is 0 Å². The molecule has 3 nitrogen and oxygen atoms in total. The van der Waals surface area contributed by atoms with Crippen LogP contribution in [0.1, 0.15) is 59.3 Å². The first-order valence-corrected chi connectivity index (χ1v) is 7.57. The van der Waals surface area contributed by atoms with Gasteiger partial charge in [-0.1, -0.05) is 19.8 Å². The summed E-state index contributed by atoms with van der Waals surface area (Å²) in [4.78, 5) is 0. The van der Waals surface area contributed by atoms with Crippen LogP contribution in [-0.4, -0.2) is 36.5 Å². The van der Waals surface area contributed by atoms with Gasteiger partial charge in [0.15, 0.2) is 0 Å². The van der Waals surface area contributed by atoms with E-state index in [2.05, 4.69) is 26.1 Å². The zero-order valence-electron chi connectivity index (χ0n) is 12.4. The summed E-state index contributed by atoms with van der Waals surface area (Å²) < 4.78 is 5.95. The second-order valence-electron chi connectivity index (χ2n) is 6.14. The second kappa shape index (κ2) is 8.13. The van der Waals surface area contributed by atoms with Crippen molar-refractivity contribution in [3.63, 3.8) is 0 Å². The summed E-state index contributed by atoms with van der Waals surface area (Å²) in [6, 6.07) is 0. The molecule has 0 amide bonds. The van der Waals surface area contributed by atoms with Crippen molar-refractivity contribution in [2.45, 2.75) is 70.9 Å². The number of hydrogen-bond acceptors (Lipinski definition) is 3. The predicted octanol–water partition coefficient (Wildman–Crippen LogP) is 2.72. The number of aliphatic hydroxyl groups excluding tert-OH is 1. The SMILES string of the molecule is CCCNC(C)(CO)CC(C)OCC1CCCC1. The van der Waals surface area contributed by atoms with Crippen LogP contribution in [0.5, 0.6) is 0 Å². The Kier molecular flexibility index (Phi) is 7.20. The van der Waals surface area contributed by atoms with Crippen LogP contribution in [0.25, 0.3) is 0 Å². The van der Waals surface area contributed by atoms with Gasteiger partial charge in [0.1, 0.15) is 0 Å². The zero-order valence-corrected chi connectivity index (χ0v) is 12.4. The summed E-state index contributed by atoms with van der Waals surface area (Å²) in [7, 11) is 0. The zero-order chi connectivity index (χ0) is 13.4. The highest BCUT2D eigenvalue weighted by molar-refractivity contribution is 4.84. The maximum atomic E-state index is 9.52. The Morgan fingerprint density at radius 3 is 2.61 bits per heavy atom. The predicted molar refractivity (Wildman–Crippen MR) is 75.8 cm³/mol. The van der Waals surface area contributed by atoms with E-state index in [9.17, 15) is 5.11 Å². The lowest BCUT2D eigenvalue weighted by Gasteiger charge is -2.32. The molecule has 0 aromatic rings. The average Bonchev–Trinajstić information content (AvgIpc) is 2.87. The van der Waals surface area contributed by atoms with E-state index in [0.717, 1.165) is 31.9 Å². The molecule has 0 radical (unpaired) electrons. The van der Waals surface area contributed by atoms with Gasteiger partial charge in [-0.2, -0.15) is 0 Å². The average molecular weight is 257 g/mol. The van der Waals surface area contributed by atoms with Crippen molar-refractivity contribution in [1.82, 2.24) is 5.32 Å². The molecule has 1 aliphatic carbocycles. The third kappa shape index (κ3) is 5.68. The fourth-order valence-corrected chi connectivity index (χ4v) is 2.79. The maximum Gasteiger partial charge on any atom is 0.0611 e. The summed E-state index contributed by atoms with van der Waals surface area (Å²) >= 11 is 0. The molecule has 2 atom stereocenters. The Balaban J connectivity index is 2.24. The summed E-state index contributed by atoms with van der Waals surface area (Å²) in [5, 5.41) is 12.9. The third-order valence-corrected chi connectivity index (χ3v) is 3.98. The van der Waals surface area contributed by atoms with Crippen LogP contribution < -0.4 is 5.32 Å². The Labute approximate surface area is 112 Å². The van der Waals surface area contributed by atoms with E-state index in [-0.39, 0.29) is 18.2 Å². The lowest BCUT2D eigenvalue weighted by atomic mass is 9.95. The molecule has 1 fully saturated rings. The highest BCUT2D eigenvalue weighted by atomic mass is 16.5. The van der Waals surface area contributed by atoms with Crippen molar-refractivity contribution < 1.29 is 9.84 Å². The van der Waals surface area contributed by atoms with Gasteiger partial charge >= 0.3 is 0 Å². The maximum absolute atomic E-state index is 9.52. The van der Waals surface area contributed by atoms with Crippen molar-refractivity contribution in [3.8, 4) is 0 Å². The van der Waals surface area contributed by atoms with E-state index >= 15 is 0 Å². The van der Waals surface area contributed by atoms with Gasteiger partial charge in [-0.25, -0.2) is 0 Å². The number of nitrogens with one attached hydrogen (secondary N) is 1. The summed E-state index contributed by atoms with van der Waals surface area (Å²) in [5.74, 6) is 0.774. The molecular formula is C15H31NO2. The van der Waals surface area contributed by atoms with Crippen LogP contribution >= 0.6 is 0 Å². The molecule has 0 spiro atoms. The minimum atomic E-state index is -0.203. The standard InChI is InChI=1S/C15H31NO2/c1-4-9-16-15(3,12-17)10-13(2)18-11-14-7-5-6-8-14/h13-14,16-17H,4-12H2,1-3H3. The monoisotopic (exact) mass is 257 g/mol. The number of ether oxygens (including phenoxy) is 1. The molecule has 0 bridgehead atoms. The van der Waals surface area contributed by atoms with Gasteiger partial charge in [-0.15, -0.1) is 0 Å². The molecule has 2 unspecified atom stereocenters. The van der Waals surface area contributed by atoms with Crippen molar-refractivity contribution in [2.24, 2.45) is 5.92 Å². The van der Waals surface area contributed by atoms with Crippen LogP contribution in [0.2, 0.25) is 0 Å². The minimum Gasteiger partial charge on any atom is -0.394 e. The van der Waals surface area contributed by atoms with Crippen molar-refractivity contribution in [3.05, 3.63) is 0 Å². The quantitative estimate of drug-likeness (QED) is 0.667. The molecule has 0 aromatic heterocycles. The van der Waals surface area contributed by atoms with E-state index in [0.29, 0.717) is 0 Å². The van der Waals surface area contributed by atoms with Crippen LogP contribution in [-0.2, 0) is 4.74 Å². The number of rotatable bonds is 9. The smallest absolute Gasteiger partial charge is 0.0611 e. The van der Waals surface area contributed by atoms with E-state index in [1.807, 2.05) is 0 Å². The number of hydrogen-bond donors (Lipinski definition) is 2. The summed E-state index contributed by atoms with van der Waals surface area (Å²) in [5.41, 5.74) is -0.203. The molecule has 18 heavy (non-hydrogen) atoms. The molecule has 108 valence electrons. The van der Waals surface area contributed by atoms with Crippen molar-refractivity contribution in [2.75, 3.05) is 19.8 Å². The van der Waals surface area contributed by atoms with Crippen LogP contribution in [0.4, 0.5) is 0 Å². The Hall–Kier alpha value is -0.120. The topological polar surface area (TPSA) is 41.5 Å². The summed E-state index contributed by atoms with van der Waals surface area (Å²) in [6.45, 7) is 8.37. The summed E-state index contributed by atoms with van der Waals surface area (Å²) in [6.07, 6.45) is 7.58. The van der Waals surface area contributed by atoms with E-state index in [1.54, 1.807) is 0 Å². The highest BCUT2D eigenvalue weighted by Gasteiger charge is 2.26. The van der Waals surface area contributed by atoms with E-state index in [4.69, 9.17) is 4.74 Å². The molecule has 2 N–H and O–H groups in total. The van der Waals surface area contributed by atoms with Gasteiger partial charge in [0.25, 0.3) is 0 Å². The number of aliphatic hydroxyl groups is 1. The molecule has 1 saturated carbocycles. The first-order valence-electron chi connectivity index (χ1n) is 7.57. The van der Waals surface area contributed by atoms with Crippen molar-refractivity contribution in [1.29, 1.82) is 0 Å². The third-order valence-electron chi connectivity index (χ3n) is 3.98. The Bertz CT molecular complexity index is 217. The second-order valence-corrected chi connectivity index (χ2v) is 6.14. The Morgan fingerprint density at radius 1 is 1.39 bits per heavy atom. The fourth-order valence-electron chi connectivity index (χ4n) is 2.79. The van der Waals surface area contributed by atoms with Gasteiger partial charge in [-0.05, 0) is 52.0 Å². The van der Waals surface area contributed by atoms with Gasteiger partial charge in [-0.3, -0.25) is 0 Å². The normalized spacial score (nSPS) is 22.0. The van der Waals surface area contributed by atoms with Crippen LogP contribution in [0, 0.1) is 5.92 Å². The molecule has 3 heteroatoms. The lowest BCUT2D eigenvalue weighted by Crippen LogP contribution is -2.48. The lowest BCUT2D eigenvalue weighted by molar-refractivity contribution is 0.0111. The van der Waals surface area contributed by atoms with Gasteiger partial charge in [0.05, 0.1) is 12.7 Å². The fraction of sp³-hybridized carbons (Fsp3) is 1.00. The van der Waals surface area contributed by atoms with Gasteiger partial charge in [0.2, 0.25) is 0 Å². The molecule has 0 heterocycles. The largest absolute Gasteiger partial charge is 0.394 e. The molecule has 0 aliphatic heterocycles. The minimum absolute atomic E-state index is 0.171.